The normalized spacial score (nSPS) is 12.3. The van der Waals surface area contributed by atoms with E-state index in [4.69, 9.17) is 14.2 Å². The van der Waals surface area contributed by atoms with Crippen LogP contribution in [0.15, 0.2) is 0 Å². The van der Waals surface area contributed by atoms with E-state index in [2.05, 4.69) is 0 Å². The molecular weight excluding hydrogens is 224 g/mol. The van der Waals surface area contributed by atoms with Gasteiger partial charge in [0.2, 0.25) is 0 Å². The summed E-state index contributed by atoms with van der Waals surface area (Å²) in [5, 5.41) is 0. The summed E-state index contributed by atoms with van der Waals surface area (Å²) in [6.45, 7) is 8.11. The maximum atomic E-state index is 11.6. The second kappa shape index (κ2) is 8.98. The van der Waals surface area contributed by atoms with Gasteiger partial charge in [-0.15, -0.1) is 0 Å². The predicted molar refractivity (Wildman–Crippen MR) is 62.5 cm³/mol. The zero-order valence-corrected chi connectivity index (χ0v) is 11.0. The number of ether oxygens (including phenoxy) is 3. The van der Waals surface area contributed by atoms with Crippen molar-refractivity contribution in [3.63, 3.8) is 0 Å². The van der Waals surface area contributed by atoms with Gasteiger partial charge in [-0.05, 0) is 34.1 Å². The molecule has 0 N–H and O–H groups in total. The van der Waals surface area contributed by atoms with Gasteiger partial charge in [-0.2, -0.15) is 0 Å². The second-order valence-corrected chi connectivity index (χ2v) is 3.56. The number of carbonyl (C=O) groups excluding carboxylic acids is 2. The average molecular weight is 246 g/mol. The summed E-state index contributed by atoms with van der Waals surface area (Å²) in [5.74, 6) is -1.98. The molecule has 0 aliphatic heterocycles. The van der Waals surface area contributed by atoms with Crippen LogP contribution in [0.2, 0.25) is 0 Å². The van der Waals surface area contributed by atoms with Gasteiger partial charge in [0.15, 0.2) is 5.92 Å². The lowest BCUT2D eigenvalue weighted by Crippen LogP contribution is -2.31. The Kier molecular flexibility index (Phi) is 8.40. The quantitative estimate of drug-likeness (QED) is 0.480. The van der Waals surface area contributed by atoms with Gasteiger partial charge in [-0.1, -0.05) is 0 Å². The zero-order chi connectivity index (χ0) is 13.3. The average Bonchev–Trinajstić information content (AvgIpc) is 2.26. The molecule has 0 aromatic rings. The van der Waals surface area contributed by atoms with Crippen molar-refractivity contribution in [3.8, 4) is 0 Å². The first-order chi connectivity index (χ1) is 8.06. The molecule has 0 bridgehead atoms. The second-order valence-electron chi connectivity index (χ2n) is 3.56. The maximum Gasteiger partial charge on any atom is 0.320 e. The molecule has 5 heteroatoms. The van der Waals surface area contributed by atoms with E-state index in [1.807, 2.05) is 13.8 Å². The lowest BCUT2D eigenvalue weighted by Gasteiger charge is -2.18. The Morgan fingerprint density at radius 2 is 1.41 bits per heavy atom. The molecule has 0 heterocycles. The van der Waals surface area contributed by atoms with Crippen LogP contribution in [0.4, 0.5) is 0 Å². The van der Waals surface area contributed by atoms with Crippen LogP contribution in [0, 0.1) is 5.92 Å². The van der Waals surface area contributed by atoms with Crippen LogP contribution in [0.1, 0.15) is 34.1 Å². The first-order valence-corrected chi connectivity index (χ1v) is 6.01. The predicted octanol–water partition coefficient (Wildman–Crippen LogP) is 1.54. The highest BCUT2D eigenvalue weighted by molar-refractivity contribution is 5.94. The summed E-state index contributed by atoms with van der Waals surface area (Å²) >= 11 is 0. The van der Waals surface area contributed by atoms with E-state index < -0.39 is 17.9 Å². The van der Waals surface area contributed by atoms with Crippen LogP contribution >= 0.6 is 0 Å². The van der Waals surface area contributed by atoms with E-state index >= 15 is 0 Å². The molecule has 0 aromatic carbocycles. The largest absolute Gasteiger partial charge is 0.465 e. The van der Waals surface area contributed by atoms with Gasteiger partial charge in [0.25, 0.3) is 0 Å². The summed E-state index contributed by atoms with van der Waals surface area (Å²) < 4.78 is 15.0. The van der Waals surface area contributed by atoms with E-state index in [0.717, 1.165) is 0 Å². The molecule has 0 fully saturated rings. The maximum absolute atomic E-state index is 11.6. The zero-order valence-electron chi connectivity index (χ0n) is 11.0. The SMILES string of the molecule is CCOC(=O)C(CC(C)OCC)C(=O)OCC. The molecule has 0 aliphatic rings. The molecular formula is C12H22O5. The third-order valence-corrected chi connectivity index (χ3v) is 2.16. The fraction of sp³-hybridized carbons (Fsp3) is 0.833. The van der Waals surface area contributed by atoms with Crippen LogP contribution < -0.4 is 0 Å². The van der Waals surface area contributed by atoms with Crippen molar-refractivity contribution >= 4 is 11.9 Å². The third-order valence-electron chi connectivity index (χ3n) is 2.16. The number of hydrogen-bond donors (Lipinski definition) is 0. The molecule has 0 saturated heterocycles. The van der Waals surface area contributed by atoms with Gasteiger partial charge < -0.3 is 14.2 Å². The molecule has 0 radical (unpaired) electrons. The highest BCUT2D eigenvalue weighted by Gasteiger charge is 2.31. The summed E-state index contributed by atoms with van der Waals surface area (Å²) in [6, 6.07) is 0. The van der Waals surface area contributed by atoms with Crippen molar-refractivity contribution < 1.29 is 23.8 Å². The van der Waals surface area contributed by atoms with E-state index in [1.165, 1.54) is 0 Å². The van der Waals surface area contributed by atoms with E-state index in [9.17, 15) is 9.59 Å². The van der Waals surface area contributed by atoms with Crippen molar-refractivity contribution in [2.75, 3.05) is 19.8 Å². The fourth-order valence-electron chi connectivity index (χ4n) is 1.46. The van der Waals surface area contributed by atoms with Gasteiger partial charge in [0.05, 0.1) is 19.3 Å². The van der Waals surface area contributed by atoms with Gasteiger partial charge in [0.1, 0.15) is 0 Å². The summed E-state index contributed by atoms with van der Waals surface area (Å²) in [4.78, 5) is 23.2. The molecule has 5 nitrogen and oxygen atoms in total. The van der Waals surface area contributed by atoms with Crippen LogP contribution in [0.3, 0.4) is 0 Å². The topological polar surface area (TPSA) is 61.8 Å². The molecule has 0 aromatic heterocycles. The Morgan fingerprint density at radius 1 is 0.941 bits per heavy atom. The van der Waals surface area contributed by atoms with Crippen LogP contribution in [-0.4, -0.2) is 37.9 Å². The van der Waals surface area contributed by atoms with Crippen LogP contribution in [-0.2, 0) is 23.8 Å². The molecule has 0 saturated carbocycles. The Morgan fingerprint density at radius 3 is 1.76 bits per heavy atom. The standard InChI is InChI=1S/C12H22O5/c1-5-15-9(4)8-10(11(13)16-6-2)12(14)17-7-3/h9-10H,5-8H2,1-4H3. The molecule has 100 valence electrons. The number of hydrogen-bond acceptors (Lipinski definition) is 5. The summed E-state index contributed by atoms with van der Waals surface area (Å²) in [6.07, 6.45) is 0.102. The van der Waals surface area contributed by atoms with Crippen LogP contribution in [0.5, 0.6) is 0 Å². The summed E-state index contributed by atoms with van der Waals surface area (Å²) in [5.41, 5.74) is 0. The van der Waals surface area contributed by atoms with E-state index in [-0.39, 0.29) is 25.7 Å². The van der Waals surface area contributed by atoms with Crippen molar-refractivity contribution in [2.45, 2.75) is 40.2 Å². The molecule has 0 rings (SSSR count). The minimum absolute atomic E-state index is 0.182. The number of esters is 2. The molecule has 0 spiro atoms. The lowest BCUT2D eigenvalue weighted by atomic mass is 10.0. The first kappa shape index (κ1) is 15.9. The fourth-order valence-corrected chi connectivity index (χ4v) is 1.46. The van der Waals surface area contributed by atoms with Crippen LogP contribution in [0.25, 0.3) is 0 Å². The van der Waals surface area contributed by atoms with Gasteiger partial charge in [0, 0.05) is 6.61 Å². The van der Waals surface area contributed by atoms with E-state index in [0.29, 0.717) is 6.61 Å². The van der Waals surface area contributed by atoms with Crippen molar-refractivity contribution in [1.29, 1.82) is 0 Å². The monoisotopic (exact) mass is 246 g/mol. The van der Waals surface area contributed by atoms with Gasteiger partial charge >= 0.3 is 11.9 Å². The highest BCUT2D eigenvalue weighted by Crippen LogP contribution is 2.14. The van der Waals surface area contributed by atoms with E-state index in [1.54, 1.807) is 13.8 Å². The highest BCUT2D eigenvalue weighted by atomic mass is 16.6. The number of carbonyl (C=O) groups is 2. The molecule has 1 atom stereocenters. The Balaban J connectivity index is 4.49. The lowest BCUT2D eigenvalue weighted by molar-refractivity contribution is -0.163. The Bertz CT molecular complexity index is 221. The minimum atomic E-state index is -0.892. The van der Waals surface area contributed by atoms with Gasteiger partial charge in [-0.25, -0.2) is 0 Å². The van der Waals surface area contributed by atoms with Crippen molar-refractivity contribution in [1.82, 2.24) is 0 Å². The minimum Gasteiger partial charge on any atom is -0.465 e. The number of rotatable bonds is 8. The molecule has 0 amide bonds. The Hall–Kier alpha value is -1.10. The van der Waals surface area contributed by atoms with Gasteiger partial charge in [-0.3, -0.25) is 9.59 Å². The third kappa shape index (κ3) is 6.26. The molecule has 17 heavy (non-hydrogen) atoms. The first-order valence-electron chi connectivity index (χ1n) is 6.01. The smallest absolute Gasteiger partial charge is 0.320 e. The summed E-state index contributed by atoms with van der Waals surface area (Å²) in [7, 11) is 0. The van der Waals surface area contributed by atoms with Crippen molar-refractivity contribution in [3.05, 3.63) is 0 Å². The Labute approximate surface area is 102 Å². The molecule has 1 unspecified atom stereocenters. The van der Waals surface area contributed by atoms with Crippen molar-refractivity contribution in [2.24, 2.45) is 5.92 Å². The molecule has 0 aliphatic carbocycles.